The summed E-state index contributed by atoms with van der Waals surface area (Å²) in [6.45, 7) is 0.484. The Hall–Kier alpha value is -2.40. The van der Waals surface area contributed by atoms with E-state index in [1.807, 2.05) is 30.3 Å². The normalized spacial score (nSPS) is 11.8. The first-order chi connectivity index (χ1) is 11.6. The Labute approximate surface area is 141 Å². The Bertz CT molecular complexity index is 632. The van der Waals surface area contributed by atoms with Crippen molar-refractivity contribution in [1.82, 2.24) is 10.2 Å². The Morgan fingerprint density at radius 1 is 1.17 bits per heavy atom. The molecule has 0 aliphatic rings. The third kappa shape index (κ3) is 5.35. The second-order valence-corrected chi connectivity index (χ2v) is 5.76. The first-order valence-corrected chi connectivity index (χ1v) is 8.02. The largest absolute Gasteiger partial charge is 0.396 e. The van der Waals surface area contributed by atoms with Gasteiger partial charge in [-0.05, 0) is 36.1 Å². The summed E-state index contributed by atoms with van der Waals surface area (Å²) in [5.41, 5.74) is 1.87. The molecule has 5 heteroatoms. The molecule has 24 heavy (non-hydrogen) atoms. The maximum Gasteiger partial charge on any atom is 0.317 e. The topological polar surface area (TPSA) is 52.6 Å². The van der Waals surface area contributed by atoms with Crippen LogP contribution in [0.1, 0.15) is 30.0 Å². The molecule has 2 N–H and O–H groups in total. The van der Waals surface area contributed by atoms with Crippen LogP contribution in [0.15, 0.2) is 54.6 Å². The SMILES string of the molecule is CN(Cc1ccc(F)cc1)C(=O)NC(CCCO)c1ccccc1. The highest BCUT2D eigenvalue weighted by Crippen LogP contribution is 2.18. The summed E-state index contributed by atoms with van der Waals surface area (Å²) in [5.74, 6) is -0.293. The molecule has 0 aliphatic heterocycles. The van der Waals surface area contributed by atoms with Crippen LogP contribution in [0.25, 0.3) is 0 Å². The molecule has 0 heterocycles. The third-order valence-corrected chi connectivity index (χ3v) is 3.83. The lowest BCUT2D eigenvalue weighted by Gasteiger charge is -2.24. The molecule has 1 unspecified atom stereocenters. The fraction of sp³-hybridized carbons (Fsp3) is 0.316. The van der Waals surface area contributed by atoms with E-state index in [2.05, 4.69) is 5.32 Å². The number of aliphatic hydroxyl groups is 1. The van der Waals surface area contributed by atoms with Gasteiger partial charge in [0.15, 0.2) is 0 Å². The molecule has 0 fully saturated rings. The van der Waals surface area contributed by atoms with Crippen LogP contribution in [-0.2, 0) is 6.54 Å². The van der Waals surface area contributed by atoms with Gasteiger partial charge in [0.25, 0.3) is 0 Å². The lowest BCUT2D eigenvalue weighted by Crippen LogP contribution is -2.39. The molecule has 1 atom stereocenters. The van der Waals surface area contributed by atoms with Crippen molar-refractivity contribution in [3.05, 3.63) is 71.5 Å². The zero-order valence-corrected chi connectivity index (χ0v) is 13.8. The summed E-state index contributed by atoms with van der Waals surface area (Å²) in [6, 6.07) is 15.4. The van der Waals surface area contributed by atoms with Crippen LogP contribution < -0.4 is 5.32 Å². The molecule has 0 aromatic heterocycles. The van der Waals surface area contributed by atoms with Crippen LogP contribution in [0.5, 0.6) is 0 Å². The lowest BCUT2D eigenvalue weighted by molar-refractivity contribution is 0.200. The summed E-state index contributed by atoms with van der Waals surface area (Å²) in [5, 5.41) is 12.1. The average Bonchev–Trinajstić information content (AvgIpc) is 2.61. The van der Waals surface area contributed by atoms with Gasteiger partial charge in [-0.1, -0.05) is 42.5 Å². The number of urea groups is 1. The van der Waals surface area contributed by atoms with E-state index in [4.69, 9.17) is 5.11 Å². The van der Waals surface area contributed by atoms with Gasteiger partial charge in [0, 0.05) is 20.2 Å². The predicted molar refractivity (Wildman–Crippen MR) is 91.9 cm³/mol. The highest BCUT2D eigenvalue weighted by Gasteiger charge is 2.17. The summed E-state index contributed by atoms with van der Waals surface area (Å²) < 4.78 is 12.9. The molecule has 128 valence electrons. The van der Waals surface area contributed by atoms with Crippen LogP contribution in [-0.4, -0.2) is 29.7 Å². The number of aliphatic hydroxyl groups excluding tert-OH is 1. The Balaban J connectivity index is 1.99. The van der Waals surface area contributed by atoms with E-state index in [1.54, 1.807) is 24.1 Å². The van der Waals surface area contributed by atoms with Crippen molar-refractivity contribution in [2.75, 3.05) is 13.7 Å². The van der Waals surface area contributed by atoms with Crippen molar-refractivity contribution in [2.24, 2.45) is 0 Å². The molecule has 0 spiro atoms. The van der Waals surface area contributed by atoms with Gasteiger partial charge in [-0.3, -0.25) is 0 Å². The average molecular weight is 330 g/mol. The van der Waals surface area contributed by atoms with Gasteiger partial charge in [-0.25, -0.2) is 9.18 Å². The fourth-order valence-corrected chi connectivity index (χ4v) is 2.50. The van der Waals surface area contributed by atoms with Crippen molar-refractivity contribution < 1.29 is 14.3 Å². The Morgan fingerprint density at radius 3 is 2.46 bits per heavy atom. The number of nitrogens with one attached hydrogen (secondary N) is 1. The van der Waals surface area contributed by atoms with E-state index < -0.39 is 0 Å². The minimum absolute atomic E-state index is 0.0879. The highest BCUT2D eigenvalue weighted by atomic mass is 19.1. The summed E-state index contributed by atoms with van der Waals surface area (Å²) >= 11 is 0. The van der Waals surface area contributed by atoms with Crippen molar-refractivity contribution in [1.29, 1.82) is 0 Å². The van der Waals surface area contributed by atoms with E-state index in [1.165, 1.54) is 12.1 Å². The second-order valence-electron chi connectivity index (χ2n) is 5.76. The lowest BCUT2D eigenvalue weighted by atomic mass is 10.0. The van der Waals surface area contributed by atoms with Gasteiger partial charge in [-0.15, -0.1) is 0 Å². The highest BCUT2D eigenvalue weighted by molar-refractivity contribution is 5.74. The van der Waals surface area contributed by atoms with Crippen molar-refractivity contribution in [3.63, 3.8) is 0 Å². The van der Waals surface area contributed by atoms with Crippen LogP contribution in [0.2, 0.25) is 0 Å². The Morgan fingerprint density at radius 2 is 1.83 bits per heavy atom. The summed E-state index contributed by atoms with van der Waals surface area (Å²) in [6.07, 6.45) is 1.28. The van der Waals surface area contributed by atoms with Crippen LogP contribution in [0.4, 0.5) is 9.18 Å². The van der Waals surface area contributed by atoms with Gasteiger partial charge in [0.1, 0.15) is 5.82 Å². The molecule has 2 amide bonds. The zero-order valence-electron chi connectivity index (χ0n) is 13.8. The molecule has 2 aromatic rings. The van der Waals surface area contributed by atoms with E-state index >= 15 is 0 Å². The van der Waals surface area contributed by atoms with E-state index in [-0.39, 0.29) is 24.5 Å². The van der Waals surface area contributed by atoms with Gasteiger partial charge >= 0.3 is 6.03 Å². The maximum atomic E-state index is 12.9. The molecule has 4 nitrogen and oxygen atoms in total. The monoisotopic (exact) mass is 330 g/mol. The van der Waals surface area contributed by atoms with E-state index in [0.29, 0.717) is 19.4 Å². The number of hydrogen-bond acceptors (Lipinski definition) is 2. The zero-order chi connectivity index (χ0) is 17.4. The first kappa shape index (κ1) is 17.9. The number of amides is 2. The van der Waals surface area contributed by atoms with Crippen molar-refractivity contribution in [3.8, 4) is 0 Å². The second kappa shape index (κ2) is 9.03. The summed E-state index contributed by atoms with van der Waals surface area (Å²) in [4.78, 5) is 14.0. The van der Waals surface area contributed by atoms with Crippen molar-refractivity contribution in [2.45, 2.75) is 25.4 Å². The molecule has 2 rings (SSSR count). The van der Waals surface area contributed by atoms with Crippen molar-refractivity contribution >= 4 is 6.03 Å². The van der Waals surface area contributed by atoms with Gasteiger partial charge in [0.2, 0.25) is 0 Å². The number of halogens is 1. The van der Waals surface area contributed by atoms with Crippen LogP contribution in [0, 0.1) is 5.82 Å². The standard InChI is InChI=1S/C19H23FN2O2/c1-22(14-15-9-11-17(20)12-10-15)19(24)21-18(8-5-13-23)16-6-3-2-4-7-16/h2-4,6-7,9-12,18,23H,5,8,13-14H2,1H3,(H,21,24). The number of rotatable bonds is 7. The van der Waals surface area contributed by atoms with Gasteiger partial charge < -0.3 is 15.3 Å². The molecule has 0 aliphatic carbocycles. The van der Waals surface area contributed by atoms with E-state index in [9.17, 15) is 9.18 Å². The maximum absolute atomic E-state index is 12.9. The number of nitrogens with zero attached hydrogens (tertiary/aromatic N) is 1. The molecule has 0 saturated carbocycles. The minimum Gasteiger partial charge on any atom is -0.396 e. The quantitative estimate of drug-likeness (QED) is 0.816. The van der Waals surface area contributed by atoms with E-state index in [0.717, 1.165) is 11.1 Å². The predicted octanol–water partition coefficient (Wildman–Crippen LogP) is 3.48. The van der Waals surface area contributed by atoms with Crippen LogP contribution >= 0.6 is 0 Å². The minimum atomic E-state index is -0.293. The number of carbonyl (C=O) groups excluding carboxylic acids is 1. The molecule has 2 aromatic carbocycles. The number of hydrogen-bond donors (Lipinski definition) is 2. The smallest absolute Gasteiger partial charge is 0.317 e. The van der Waals surface area contributed by atoms with Gasteiger partial charge in [-0.2, -0.15) is 0 Å². The summed E-state index contributed by atoms with van der Waals surface area (Å²) in [7, 11) is 1.70. The molecule has 0 bridgehead atoms. The van der Waals surface area contributed by atoms with Crippen LogP contribution in [0.3, 0.4) is 0 Å². The first-order valence-electron chi connectivity index (χ1n) is 8.02. The molecular formula is C19H23FN2O2. The molecule has 0 saturated heterocycles. The molecule has 0 radical (unpaired) electrons. The van der Waals surface area contributed by atoms with Gasteiger partial charge in [0.05, 0.1) is 6.04 Å². The number of benzene rings is 2. The Kier molecular flexibility index (Phi) is 6.75. The third-order valence-electron chi connectivity index (χ3n) is 3.83. The molecular weight excluding hydrogens is 307 g/mol. The fourth-order valence-electron chi connectivity index (χ4n) is 2.50. The number of carbonyl (C=O) groups is 1.